The molecule has 4 aromatic rings. The molecule has 1 amide bonds. The molecule has 0 radical (unpaired) electrons. The molecule has 0 unspecified atom stereocenters. The lowest BCUT2D eigenvalue weighted by Crippen LogP contribution is -2.17. The van der Waals surface area contributed by atoms with Crippen molar-refractivity contribution in [2.24, 2.45) is 0 Å². The fourth-order valence-electron chi connectivity index (χ4n) is 4.38. The van der Waals surface area contributed by atoms with E-state index in [1.807, 2.05) is 42.5 Å². The first-order valence-electron chi connectivity index (χ1n) is 11.1. The number of benzene rings is 2. The van der Waals surface area contributed by atoms with Crippen LogP contribution in [0.15, 0.2) is 59.4 Å². The van der Waals surface area contributed by atoms with Gasteiger partial charge in [0.1, 0.15) is 10.7 Å². The summed E-state index contributed by atoms with van der Waals surface area (Å²) in [6.45, 7) is 0. The molecule has 5 rings (SSSR count). The molecule has 5 nitrogen and oxygen atoms in total. The minimum absolute atomic E-state index is 0.0713. The van der Waals surface area contributed by atoms with E-state index in [-0.39, 0.29) is 17.9 Å². The molecule has 0 bridgehead atoms. The van der Waals surface area contributed by atoms with Gasteiger partial charge in [0, 0.05) is 23.4 Å². The van der Waals surface area contributed by atoms with E-state index in [2.05, 4.69) is 27.4 Å². The van der Waals surface area contributed by atoms with Crippen LogP contribution in [0.1, 0.15) is 46.7 Å². The van der Waals surface area contributed by atoms with E-state index in [9.17, 15) is 9.59 Å². The van der Waals surface area contributed by atoms with Crippen molar-refractivity contribution in [2.45, 2.75) is 44.9 Å². The van der Waals surface area contributed by atoms with Crippen LogP contribution in [0.3, 0.4) is 0 Å². The number of amides is 1. The Balaban J connectivity index is 1.28. The molecule has 0 aliphatic heterocycles. The van der Waals surface area contributed by atoms with Crippen molar-refractivity contribution < 1.29 is 4.79 Å². The van der Waals surface area contributed by atoms with E-state index in [0.717, 1.165) is 47.2 Å². The normalized spacial score (nSPS) is 13.1. The summed E-state index contributed by atoms with van der Waals surface area (Å²) in [6, 6.07) is 18.1. The molecule has 0 saturated heterocycles. The number of thiophene rings is 1. The Kier molecular flexibility index (Phi) is 5.86. The van der Waals surface area contributed by atoms with Gasteiger partial charge in [0.15, 0.2) is 0 Å². The van der Waals surface area contributed by atoms with Crippen molar-refractivity contribution in [1.82, 2.24) is 9.97 Å². The molecule has 1 aliphatic carbocycles. The van der Waals surface area contributed by atoms with Gasteiger partial charge >= 0.3 is 0 Å². The molecular formula is C26H25N3O2S. The first-order valence-corrected chi connectivity index (χ1v) is 11.9. The highest BCUT2D eigenvalue weighted by atomic mass is 32.1. The Morgan fingerprint density at radius 1 is 1.03 bits per heavy atom. The molecule has 2 N–H and O–H groups in total. The van der Waals surface area contributed by atoms with Gasteiger partial charge in [0.25, 0.3) is 5.56 Å². The number of aromatic amines is 1. The second kappa shape index (κ2) is 9.09. The summed E-state index contributed by atoms with van der Waals surface area (Å²) in [5.74, 6) is 0.493. The Labute approximate surface area is 190 Å². The summed E-state index contributed by atoms with van der Waals surface area (Å²) < 4.78 is 0. The van der Waals surface area contributed by atoms with Gasteiger partial charge in [-0.15, -0.1) is 11.3 Å². The van der Waals surface area contributed by atoms with Crippen LogP contribution in [-0.4, -0.2) is 15.9 Å². The van der Waals surface area contributed by atoms with Gasteiger partial charge in [-0.3, -0.25) is 9.59 Å². The zero-order valence-corrected chi connectivity index (χ0v) is 18.6. The number of nitrogens with one attached hydrogen (secondary N) is 2. The van der Waals surface area contributed by atoms with E-state index < -0.39 is 0 Å². The number of carbonyl (C=O) groups is 1. The first-order chi connectivity index (χ1) is 15.7. The number of aryl methyl sites for hydroxylation is 3. The maximum atomic E-state index is 12.7. The summed E-state index contributed by atoms with van der Waals surface area (Å²) in [7, 11) is 0. The van der Waals surface area contributed by atoms with E-state index in [1.165, 1.54) is 22.4 Å². The molecule has 6 heteroatoms. The molecule has 162 valence electrons. The Bertz CT molecular complexity index is 1320. The average Bonchev–Trinajstić information content (AvgIpc) is 3.19. The average molecular weight is 444 g/mol. The highest BCUT2D eigenvalue weighted by molar-refractivity contribution is 7.18. The molecule has 2 aromatic heterocycles. The third-order valence-electron chi connectivity index (χ3n) is 5.99. The van der Waals surface area contributed by atoms with Gasteiger partial charge in [0.05, 0.1) is 5.39 Å². The van der Waals surface area contributed by atoms with Crippen LogP contribution in [0.4, 0.5) is 5.69 Å². The first kappa shape index (κ1) is 20.6. The van der Waals surface area contributed by atoms with Crippen molar-refractivity contribution in [3.05, 3.63) is 92.3 Å². The standard InChI is InChI=1S/C26H25N3O2S/c30-23(27-20-12-6-4-10-18(20)16-17-8-2-1-3-9-17)15-14-22-28-25(31)24-19-11-5-7-13-21(19)32-26(24)29-22/h1-4,6,8-10,12H,5,7,11,13-16H2,(H,27,30)(H,28,29,31). The second-order valence-corrected chi connectivity index (χ2v) is 9.35. The van der Waals surface area contributed by atoms with Crippen molar-refractivity contribution in [3.8, 4) is 0 Å². The number of fused-ring (bicyclic) bond motifs is 3. The topological polar surface area (TPSA) is 74.8 Å². The van der Waals surface area contributed by atoms with E-state index >= 15 is 0 Å². The highest BCUT2D eigenvalue weighted by Crippen LogP contribution is 2.33. The van der Waals surface area contributed by atoms with Crippen LogP contribution >= 0.6 is 11.3 Å². The zero-order valence-electron chi connectivity index (χ0n) is 17.8. The number of aromatic nitrogens is 2. The van der Waals surface area contributed by atoms with Crippen LogP contribution in [0.25, 0.3) is 10.2 Å². The third-order valence-corrected chi connectivity index (χ3v) is 7.18. The zero-order chi connectivity index (χ0) is 21.9. The Morgan fingerprint density at radius 3 is 2.69 bits per heavy atom. The minimum atomic E-state index is -0.0845. The number of para-hydroxylation sites is 1. The molecule has 2 aromatic carbocycles. The van der Waals surface area contributed by atoms with Gasteiger partial charge in [-0.25, -0.2) is 4.98 Å². The summed E-state index contributed by atoms with van der Waals surface area (Å²) in [5, 5.41) is 3.79. The van der Waals surface area contributed by atoms with Crippen molar-refractivity contribution >= 4 is 33.1 Å². The van der Waals surface area contributed by atoms with Crippen LogP contribution in [0, 0.1) is 0 Å². The molecule has 0 atom stereocenters. The van der Waals surface area contributed by atoms with Crippen LogP contribution < -0.4 is 10.9 Å². The quantitative estimate of drug-likeness (QED) is 0.439. The minimum Gasteiger partial charge on any atom is -0.326 e. The maximum Gasteiger partial charge on any atom is 0.259 e. The van der Waals surface area contributed by atoms with Crippen LogP contribution in [0.2, 0.25) is 0 Å². The number of hydrogen-bond donors (Lipinski definition) is 2. The summed E-state index contributed by atoms with van der Waals surface area (Å²) >= 11 is 1.64. The SMILES string of the molecule is O=C(CCc1nc2sc3c(c2c(=O)[nH]1)CCCC3)Nc1ccccc1Cc1ccccc1. The van der Waals surface area contributed by atoms with Crippen molar-refractivity contribution in [2.75, 3.05) is 5.32 Å². The number of H-pyrrole nitrogens is 1. The van der Waals surface area contributed by atoms with Gasteiger partial charge in [-0.1, -0.05) is 48.5 Å². The lowest BCUT2D eigenvalue weighted by Gasteiger charge is -2.11. The van der Waals surface area contributed by atoms with Gasteiger partial charge in [0.2, 0.25) is 5.91 Å². The lowest BCUT2D eigenvalue weighted by atomic mass is 9.97. The molecule has 0 spiro atoms. The predicted octanol–water partition coefficient (Wildman–Crippen LogP) is 5.03. The predicted molar refractivity (Wildman–Crippen MR) is 130 cm³/mol. The monoisotopic (exact) mass is 443 g/mol. The summed E-state index contributed by atoms with van der Waals surface area (Å²) in [5.41, 5.74) is 4.21. The Morgan fingerprint density at radius 2 is 1.81 bits per heavy atom. The van der Waals surface area contributed by atoms with Crippen LogP contribution in [0.5, 0.6) is 0 Å². The number of nitrogens with zero attached hydrogens (tertiary/aromatic N) is 1. The van der Waals surface area contributed by atoms with Gasteiger partial charge < -0.3 is 10.3 Å². The summed E-state index contributed by atoms with van der Waals surface area (Å²) in [4.78, 5) is 35.1. The fourth-order valence-corrected chi connectivity index (χ4v) is 5.66. The van der Waals surface area contributed by atoms with E-state index in [0.29, 0.717) is 12.2 Å². The van der Waals surface area contributed by atoms with Gasteiger partial charge in [-0.05, 0) is 54.9 Å². The molecule has 0 saturated carbocycles. The largest absolute Gasteiger partial charge is 0.326 e. The van der Waals surface area contributed by atoms with E-state index in [1.54, 1.807) is 11.3 Å². The number of carbonyl (C=O) groups excluding carboxylic acids is 1. The smallest absolute Gasteiger partial charge is 0.259 e. The molecular weight excluding hydrogens is 418 g/mol. The number of rotatable bonds is 6. The third kappa shape index (κ3) is 4.36. The Hall–Kier alpha value is -3.25. The van der Waals surface area contributed by atoms with Crippen molar-refractivity contribution in [1.29, 1.82) is 0 Å². The molecule has 1 aliphatic rings. The number of hydrogen-bond acceptors (Lipinski definition) is 4. The number of anilines is 1. The molecule has 32 heavy (non-hydrogen) atoms. The summed E-state index contributed by atoms with van der Waals surface area (Å²) in [6.07, 6.45) is 5.73. The lowest BCUT2D eigenvalue weighted by molar-refractivity contribution is -0.116. The maximum absolute atomic E-state index is 12.7. The van der Waals surface area contributed by atoms with Crippen LogP contribution in [-0.2, 0) is 30.5 Å². The highest BCUT2D eigenvalue weighted by Gasteiger charge is 2.20. The van der Waals surface area contributed by atoms with E-state index in [4.69, 9.17) is 0 Å². The molecule has 0 fully saturated rings. The molecule has 2 heterocycles. The van der Waals surface area contributed by atoms with Crippen molar-refractivity contribution in [3.63, 3.8) is 0 Å². The fraction of sp³-hybridized carbons (Fsp3) is 0.269. The van der Waals surface area contributed by atoms with Gasteiger partial charge in [-0.2, -0.15) is 0 Å². The second-order valence-electron chi connectivity index (χ2n) is 8.27.